The summed E-state index contributed by atoms with van der Waals surface area (Å²) in [6, 6.07) is 24.5. The highest BCUT2D eigenvalue weighted by Gasteiger charge is 2.43. The Morgan fingerprint density at radius 3 is 2.35 bits per heavy atom. The maximum atomic E-state index is 13.5. The third kappa shape index (κ3) is 3.74. The number of amidine groups is 1. The lowest BCUT2D eigenvalue weighted by Crippen LogP contribution is -2.42. The summed E-state index contributed by atoms with van der Waals surface area (Å²) in [5.41, 5.74) is 5.00. The number of ketones is 1. The van der Waals surface area contributed by atoms with Crippen LogP contribution in [0.4, 0.5) is 5.69 Å². The Morgan fingerprint density at radius 2 is 1.65 bits per heavy atom. The van der Waals surface area contributed by atoms with Crippen molar-refractivity contribution in [1.29, 1.82) is 5.41 Å². The van der Waals surface area contributed by atoms with Gasteiger partial charge in [-0.25, -0.2) is 0 Å². The van der Waals surface area contributed by atoms with Gasteiger partial charge in [0, 0.05) is 45.5 Å². The molecule has 0 saturated heterocycles. The van der Waals surface area contributed by atoms with E-state index in [0.29, 0.717) is 34.6 Å². The van der Waals surface area contributed by atoms with Gasteiger partial charge in [0.2, 0.25) is 0 Å². The Kier molecular flexibility index (Phi) is 5.84. The van der Waals surface area contributed by atoms with Gasteiger partial charge >= 0.3 is 0 Å². The SMILES string of the molecule is Cc1ccc(C(O)=C2C(=N)N(c3ccccc3)C3=C(C(=O)CCC3)[C@@H]2c2ccccc2Cl)cc1. The number of aliphatic hydroxyl groups is 1. The summed E-state index contributed by atoms with van der Waals surface area (Å²) < 4.78 is 0. The second-order valence-electron chi connectivity index (χ2n) is 8.74. The number of nitrogens with zero attached hydrogens (tertiary/aromatic N) is 1. The number of aliphatic hydroxyl groups excluding tert-OH is 1. The van der Waals surface area contributed by atoms with Gasteiger partial charge < -0.3 is 5.11 Å². The normalized spacial score (nSPS) is 19.8. The summed E-state index contributed by atoms with van der Waals surface area (Å²) in [5, 5.41) is 21.4. The van der Waals surface area contributed by atoms with Crippen LogP contribution in [-0.4, -0.2) is 16.7 Å². The predicted octanol–water partition coefficient (Wildman–Crippen LogP) is 7.21. The third-order valence-corrected chi connectivity index (χ3v) is 6.91. The van der Waals surface area contributed by atoms with Gasteiger partial charge in [-0.3, -0.25) is 15.1 Å². The van der Waals surface area contributed by atoms with Gasteiger partial charge in [-0.05, 0) is 43.5 Å². The van der Waals surface area contributed by atoms with Crippen LogP contribution < -0.4 is 4.90 Å². The summed E-state index contributed by atoms with van der Waals surface area (Å²) in [4.78, 5) is 15.3. The molecule has 1 aliphatic heterocycles. The van der Waals surface area contributed by atoms with Crippen LogP contribution in [0.2, 0.25) is 5.02 Å². The van der Waals surface area contributed by atoms with E-state index < -0.39 is 5.92 Å². The average Bonchev–Trinajstić information content (AvgIpc) is 2.84. The van der Waals surface area contributed by atoms with Crippen LogP contribution in [0.25, 0.3) is 5.76 Å². The number of para-hydroxylation sites is 1. The minimum Gasteiger partial charge on any atom is -0.507 e. The molecule has 0 aromatic heterocycles. The van der Waals surface area contributed by atoms with Crippen LogP contribution in [-0.2, 0) is 4.79 Å². The van der Waals surface area contributed by atoms with Crippen LogP contribution in [0.1, 0.15) is 41.9 Å². The number of carbonyl (C=O) groups is 1. The van der Waals surface area contributed by atoms with Crippen LogP contribution in [0.5, 0.6) is 0 Å². The molecule has 3 aromatic carbocycles. The molecular weight excluding hydrogens is 444 g/mol. The van der Waals surface area contributed by atoms with Gasteiger partial charge in [-0.1, -0.05) is 77.8 Å². The Labute approximate surface area is 204 Å². The van der Waals surface area contributed by atoms with Gasteiger partial charge in [-0.15, -0.1) is 0 Å². The zero-order valence-corrected chi connectivity index (χ0v) is 19.6. The van der Waals surface area contributed by atoms with Crippen molar-refractivity contribution in [3.63, 3.8) is 0 Å². The molecule has 3 aromatic rings. The number of aryl methyl sites for hydroxylation is 1. The topological polar surface area (TPSA) is 64.4 Å². The highest BCUT2D eigenvalue weighted by atomic mass is 35.5. The zero-order chi connectivity index (χ0) is 23.8. The van der Waals surface area contributed by atoms with E-state index in [1.807, 2.05) is 84.6 Å². The first-order valence-corrected chi connectivity index (χ1v) is 11.8. The van der Waals surface area contributed by atoms with E-state index in [2.05, 4.69) is 0 Å². The molecule has 0 saturated carbocycles. The van der Waals surface area contributed by atoms with Gasteiger partial charge in [0.05, 0.1) is 0 Å². The molecule has 0 bridgehead atoms. The number of Topliss-reactive ketones (excluding diaryl/α,β-unsaturated/α-hetero) is 1. The van der Waals surface area contributed by atoms with Gasteiger partial charge in [0.25, 0.3) is 0 Å². The second-order valence-corrected chi connectivity index (χ2v) is 9.15. The molecule has 0 radical (unpaired) electrons. The van der Waals surface area contributed by atoms with E-state index in [4.69, 9.17) is 11.6 Å². The molecule has 2 N–H and O–H groups in total. The van der Waals surface area contributed by atoms with Crippen molar-refractivity contribution in [3.05, 3.63) is 117 Å². The number of hydrogen-bond donors (Lipinski definition) is 2. The van der Waals surface area contributed by atoms with Crippen molar-refractivity contribution in [2.45, 2.75) is 32.1 Å². The van der Waals surface area contributed by atoms with E-state index in [-0.39, 0.29) is 17.4 Å². The molecule has 170 valence electrons. The third-order valence-electron chi connectivity index (χ3n) is 6.57. The maximum absolute atomic E-state index is 13.5. The Bertz CT molecular complexity index is 1340. The molecule has 4 nitrogen and oxygen atoms in total. The number of hydrogen-bond acceptors (Lipinski definition) is 3. The van der Waals surface area contributed by atoms with Crippen molar-refractivity contribution >= 4 is 34.7 Å². The lowest BCUT2D eigenvalue weighted by atomic mass is 9.73. The lowest BCUT2D eigenvalue weighted by molar-refractivity contribution is -0.116. The van der Waals surface area contributed by atoms with Gasteiger partial charge in [-0.2, -0.15) is 0 Å². The summed E-state index contributed by atoms with van der Waals surface area (Å²) in [6.45, 7) is 1.98. The summed E-state index contributed by atoms with van der Waals surface area (Å²) >= 11 is 6.65. The summed E-state index contributed by atoms with van der Waals surface area (Å²) in [5.74, 6) is -0.442. The predicted molar refractivity (Wildman–Crippen MR) is 137 cm³/mol. The molecule has 1 heterocycles. The fourth-order valence-corrected chi connectivity index (χ4v) is 5.19. The monoisotopic (exact) mass is 468 g/mol. The number of nitrogens with one attached hydrogen (secondary N) is 1. The van der Waals surface area contributed by atoms with Gasteiger partial charge in [0.1, 0.15) is 11.6 Å². The fourth-order valence-electron chi connectivity index (χ4n) is 4.94. The standard InChI is InChI=1S/C29H25ClN2O2/c1-18-14-16-19(17-15-18)28(34)27-25(21-10-5-6-11-22(21)30)26-23(12-7-13-24(26)33)32(29(27)31)20-8-3-2-4-9-20/h2-6,8-11,14-17,25,31,34H,7,12-13H2,1H3/t25-/m0/s1. The molecule has 0 amide bonds. The molecule has 5 rings (SSSR count). The lowest BCUT2D eigenvalue weighted by Gasteiger charge is -2.42. The maximum Gasteiger partial charge on any atom is 0.161 e. The zero-order valence-electron chi connectivity index (χ0n) is 18.9. The first-order chi connectivity index (χ1) is 16.5. The number of rotatable bonds is 3. The van der Waals surface area contributed by atoms with E-state index in [9.17, 15) is 15.3 Å². The van der Waals surface area contributed by atoms with Crippen molar-refractivity contribution in [2.75, 3.05) is 4.90 Å². The largest absolute Gasteiger partial charge is 0.507 e. The van der Waals surface area contributed by atoms with Crippen LogP contribution in [0.15, 0.2) is 95.7 Å². The summed E-state index contributed by atoms with van der Waals surface area (Å²) in [7, 11) is 0. The summed E-state index contributed by atoms with van der Waals surface area (Å²) in [6.07, 6.45) is 1.85. The average molecular weight is 469 g/mol. The number of halogens is 1. The molecule has 1 aliphatic carbocycles. The van der Waals surface area contributed by atoms with E-state index in [0.717, 1.165) is 28.9 Å². The van der Waals surface area contributed by atoms with Crippen molar-refractivity contribution in [3.8, 4) is 0 Å². The Balaban J connectivity index is 1.84. The Morgan fingerprint density at radius 1 is 0.971 bits per heavy atom. The molecule has 5 heteroatoms. The molecule has 0 spiro atoms. The van der Waals surface area contributed by atoms with Gasteiger partial charge in [0.15, 0.2) is 5.78 Å². The molecule has 1 atom stereocenters. The molecule has 0 unspecified atom stereocenters. The molecule has 34 heavy (non-hydrogen) atoms. The van der Waals surface area contributed by atoms with E-state index >= 15 is 0 Å². The smallest absolute Gasteiger partial charge is 0.161 e. The van der Waals surface area contributed by atoms with Crippen LogP contribution >= 0.6 is 11.6 Å². The number of benzene rings is 3. The van der Waals surface area contributed by atoms with Crippen LogP contribution in [0, 0.1) is 12.3 Å². The van der Waals surface area contributed by atoms with Crippen molar-refractivity contribution in [2.24, 2.45) is 0 Å². The number of allylic oxidation sites excluding steroid dienone is 2. The molecular formula is C29H25ClN2O2. The van der Waals surface area contributed by atoms with Crippen molar-refractivity contribution < 1.29 is 9.90 Å². The number of carbonyl (C=O) groups excluding carboxylic acids is 1. The molecule has 2 aliphatic rings. The fraction of sp³-hybridized carbons (Fsp3) is 0.172. The second kappa shape index (κ2) is 8.96. The van der Waals surface area contributed by atoms with E-state index in [1.165, 1.54) is 0 Å². The number of anilines is 1. The minimum absolute atomic E-state index is 0.0132. The van der Waals surface area contributed by atoms with Crippen molar-refractivity contribution in [1.82, 2.24) is 0 Å². The highest BCUT2D eigenvalue weighted by Crippen LogP contribution is 2.49. The van der Waals surface area contributed by atoms with E-state index in [1.54, 1.807) is 6.07 Å². The first kappa shape index (κ1) is 22.2. The van der Waals surface area contributed by atoms with Crippen LogP contribution in [0.3, 0.4) is 0 Å². The quantitative estimate of drug-likeness (QED) is 0.399. The highest BCUT2D eigenvalue weighted by molar-refractivity contribution is 6.32. The first-order valence-electron chi connectivity index (χ1n) is 11.4. The molecule has 0 fully saturated rings. The minimum atomic E-state index is -0.620. The Hall–Kier alpha value is -3.63.